The zero-order valence-corrected chi connectivity index (χ0v) is 20.8. The number of nitrogens with one attached hydrogen (secondary N) is 1. The van der Waals surface area contributed by atoms with E-state index in [9.17, 15) is 0 Å². The van der Waals surface area contributed by atoms with Crippen LogP contribution in [0.25, 0.3) is 0 Å². The van der Waals surface area contributed by atoms with Crippen LogP contribution in [0.4, 0.5) is 0 Å². The molecular weight excluding hydrogens is 421 g/mol. The van der Waals surface area contributed by atoms with Crippen molar-refractivity contribution in [2.45, 2.75) is 58.5 Å². The molecule has 2 heterocycles. The van der Waals surface area contributed by atoms with Crippen LogP contribution >= 0.6 is 20.2 Å². The molecule has 1 atom stereocenters. The number of benzene rings is 1. The van der Waals surface area contributed by atoms with Gasteiger partial charge in [0, 0.05) is 29.2 Å². The smallest absolute Gasteiger partial charge is 0.0599 e. The Kier molecular flexibility index (Phi) is 6.98. The third-order valence-electron chi connectivity index (χ3n) is 6.28. The molecule has 164 valence electrons. The molecule has 1 aliphatic heterocycles. The minimum absolute atomic E-state index is 0.152. The van der Waals surface area contributed by atoms with Crippen LogP contribution in [0.1, 0.15) is 57.4 Å². The Hall–Kier alpha value is -1.51. The van der Waals surface area contributed by atoms with Gasteiger partial charge in [-0.15, -0.1) is 0 Å². The van der Waals surface area contributed by atoms with E-state index in [-0.39, 0.29) is 5.41 Å². The molecule has 0 amide bonds. The van der Waals surface area contributed by atoms with Gasteiger partial charge in [-0.25, -0.2) is 5.01 Å². The van der Waals surface area contributed by atoms with Crippen LogP contribution in [0.15, 0.2) is 65.1 Å². The molecule has 0 spiro atoms. The highest BCUT2D eigenvalue weighted by atomic mass is 35.5. The van der Waals surface area contributed by atoms with Gasteiger partial charge in [0.15, 0.2) is 0 Å². The summed E-state index contributed by atoms with van der Waals surface area (Å²) in [6.07, 6.45) is 8.01. The zero-order chi connectivity index (χ0) is 22.0. The number of hydrogen-bond donors (Lipinski definition) is 1. The fourth-order valence-corrected chi connectivity index (χ4v) is 5.59. The van der Waals surface area contributed by atoms with E-state index in [1.54, 1.807) is 5.31 Å². The van der Waals surface area contributed by atoms with E-state index in [1.807, 2.05) is 18.3 Å². The lowest BCUT2D eigenvalue weighted by Gasteiger charge is -2.31. The minimum atomic E-state index is -0.152. The molecule has 5 heteroatoms. The van der Waals surface area contributed by atoms with Gasteiger partial charge in [0.25, 0.3) is 0 Å². The van der Waals surface area contributed by atoms with E-state index in [0.717, 1.165) is 32.4 Å². The average molecular weight is 454 g/mol. The van der Waals surface area contributed by atoms with Crippen molar-refractivity contribution in [1.82, 2.24) is 15.4 Å². The summed E-state index contributed by atoms with van der Waals surface area (Å²) in [7, 11) is 0.883. The average Bonchev–Trinajstić information content (AvgIpc) is 3.55. The standard InChI is InChI=1S/C26H33ClN3P/c1-18-14-19(2)25(31-17-18)16-30(29-22-11-12-22)15-24-23(6-5-13-28-24)26(3,4)20-7-9-21(27)10-8-20/h5-10,13-14,22,29,31H,11-12,15-17H2,1-4H3. The Bertz CT molecular complexity index is 990. The van der Waals surface area contributed by atoms with Crippen LogP contribution in [-0.2, 0) is 12.0 Å². The molecule has 1 aromatic carbocycles. The molecule has 0 bridgehead atoms. The van der Waals surface area contributed by atoms with Crippen molar-refractivity contribution in [1.29, 1.82) is 0 Å². The topological polar surface area (TPSA) is 28.2 Å². The minimum Gasteiger partial charge on any atom is -0.260 e. The van der Waals surface area contributed by atoms with Crippen molar-refractivity contribution < 1.29 is 0 Å². The van der Waals surface area contributed by atoms with Crippen molar-refractivity contribution >= 4 is 20.2 Å². The first-order valence-corrected chi connectivity index (χ1v) is 12.7. The van der Waals surface area contributed by atoms with Gasteiger partial charge in [0.05, 0.1) is 12.2 Å². The van der Waals surface area contributed by atoms with Crippen LogP contribution in [0.5, 0.6) is 0 Å². The third-order valence-corrected chi connectivity index (χ3v) is 8.25. The van der Waals surface area contributed by atoms with Gasteiger partial charge in [-0.2, -0.15) is 0 Å². The van der Waals surface area contributed by atoms with Crippen LogP contribution in [0, 0.1) is 0 Å². The summed E-state index contributed by atoms with van der Waals surface area (Å²) in [5.41, 5.74) is 10.2. The Morgan fingerprint density at radius 2 is 1.87 bits per heavy atom. The van der Waals surface area contributed by atoms with Crippen LogP contribution in [0.3, 0.4) is 0 Å². The van der Waals surface area contributed by atoms with Crippen LogP contribution < -0.4 is 5.43 Å². The largest absolute Gasteiger partial charge is 0.260 e. The van der Waals surface area contributed by atoms with E-state index < -0.39 is 0 Å². The molecule has 31 heavy (non-hydrogen) atoms. The predicted molar refractivity (Wildman–Crippen MR) is 134 cm³/mol. The summed E-state index contributed by atoms with van der Waals surface area (Å²) < 4.78 is 0. The normalized spacial score (nSPS) is 18.1. The first kappa shape index (κ1) is 22.7. The fourth-order valence-electron chi connectivity index (χ4n) is 4.22. The summed E-state index contributed by atoms with van der Waals surface area (Å²) in [6, 6.07) is 13.1. The molecule has 1 aliphatic carbocycles. The zero-order valence-electron chi connectivity index (χ0n) is 19.0. The molecule has 1 saturated carbocycles. The van der Waals surface area contributed by atoms with E-state index in [4.69, 9.17) is 16.6 Å². The summed E-state index contributed by atoms with van der Waals surface area (Å²) in [5.74, 6) is 0. The van der Waals surface area contributed by atoms with Crippen molar-refractivity contribution in [3.8, 4) is 0 Å². The van der Waals surface area contributed by atoms with Gasteiger partial charge in [-0.3, -0.25) is 10.4 Å². The Balaban J connectivity index is 1.60. The fraction of sp³-hybridized carbons (Fsp3) is 0.423. The first-order valence-electron chi connectivity index (χ1n) is 11.2. The van der Waals surface area contributed by atoms with E-state index in [1.165, 1.54) is 41.3 Å². The van der Waals surface area contributed by atoms with E-state index in [0.29, 0.717) is 6.04 Å². The summed E-state index contributed by atoms with van der Waals surface area (Å²) in [6.45, 7) is 10.8. The number of nitrogens with zero attached hydrogens (tertiary/aromatic N) is 2. The SMILES string of the molecule is CC1=CC(C)=C(CN(Cc2ncccc2C(C)(C)c2ccc(Cl)cc2)NC2CC2)PC1. The second kappa shape index (κ2) is 9.55. The number of allylic oxidation sites excluding steroid dienone is 3. The molecule has 4 rings (SSSR count). The number of pyridine rings is 1. The van der Waals surface area contributed by atoms with Gasteiger partial charge in [0.2, 0.25) is 0 Å². The molecule has 2 aliphatic rings. The van der Waals surface area contributed by atoms with Crippen LogP contribution in [-0.4, -0.2) is 28.7 Å². The first-order chi connectivity index (χ1) is 14.8. The Morgan fingerprint density at radius 3 is 2.55 bits per heavy atom. The van der Waals surface area contributed by atoms with Crippen molar-refractivity contribution in [3.63, 3.8) is 0 Å². The lowest BCUT2D eigenvalue weighted by molar-refractivity contribution is 0.190. The molecule has 1 N–H and O–H groups in total. The van der Waals surface area contributed by atoms with E-state index in [2.05, 4.69) is 68.5 Å². The highest BCUT2D eigenvalue weighted by molar-refractivity contribution is 7.43. The number of hydrogen-bond acceptors (Lipinski definition) is 3. The molecule has 2 aromatic rings. The van der Waals surface area contributed by atoms with Gasteiger partial charge in [-0.05, 0) is 73.1 Å². The Morgan fingerprint density at radius 1 is 1.13 bits per heavy atom. The molecule has 0 saturated heterocycles. The molecule has 1 aromatic heterocycles. The molecule has 1 fully saturated rings. The highest BCUT2D eigenvalue weighted by Gasteiger charge is 2.29. The number of halogens is 1. The maximum absolute atomic E-state index is 6.14. The maximum atomic E-state index is 6.14. The summed E-state index contributed by atoms with van der Waals surface area (Å²) in [4.78, 5) is 4.85. The van der Waals surface area contributed by atoms with Gasteiger partial charge in [-0.1, -0.05) is 63.9 Å². The van der Waals surface area contributed by atoms with E-state index >= 15 is 0 Å². The molecular formula is C26H33ClN3P. The monoisotopic (exact) mass is 453 g/mol. The van der Waals surface area contributed by atoms with Crippen molar-refractivity contribution in [2.75, 3.05) is 12.7 Å². The quantitative estimate of drug-likeness (QED) is 0.368. The van der Waals surface area contributed by atoms with Gasteiger partial charge < -0.3 is 0 Å². The number of aromatic nitrogens is 1. The van der Waals surface area contributed by atoms with Crippen molar-refractivity contribution in [2.24, 2.45) is 0 Å². The lowest BCUT2D eigenvalue weighted by Crippen LogP contribution is -2.41. The predicted octanol–water partition coefficient (Wildman–Crippen LogP) is 6.44. The number of rotatable bonds is 8. The molecule has 3 nitrogen and oxygen atoms in total. The summed E-state index contributed by atoms with van der Waals surface area (Å²) >= 11 is 6.14. The molecule has 0 radical (unpaired) electrons. The van der Waals surface area contributed by atoms with Crippen LogP contribution in [0.2, 0.25) is 5.02 Å². The second-order valence-electron chi connectivity index (χ2n) is 9.39. The molecule has 1 unspecified atom stereocenters. The summed E-state index contributed by atoms with van der Waals surface area (Å²) in [5, 5.41) is 4.74. The van der Waals surface area contributed by atoms with Gasteiger partial charge in [0.1, 0.15) is 0 Å². The van der Waals surface area contributed by atoms with Crippen molar-refractivity contribution in [3.05, 3.63) is 87.0 Å². The second-order valence-corrected chi connectivity index (χ2v) is 11.1. The highest BCUT2D eigenvalue weighted by Crippen LogP contribution is 2.37. The number of hydrazine groups is 1. The Labute approximate surface area is 193 Å². The van der Waals surface area contributed by atoms with Gasteiger partial charge >= 0.3 is 0 Å². The maximum Gasteiger partial charge on any atom is 0.0599 e. The third kappa shape index (κ3) is 5.65. The lowest BCUT2D eigenvalue weighted by atomic mass is 9.77.